The van der Waals surface area contributed by atoms with Crippen molar-refractivity contribution in [2.24, 2.45) is 0 Å². The van der Waals surface area contributed by atoms with Gasteiger partial charge in [-0.1, -0.05) is 12.1 Å². The van der Waals surface area contributed by atoms with Gasteiger partial charge in [-0.25, -0.2) is 0 Å². The second-order valence-electron chi connectivity index (χ2n) is 1.95. The van der Waals surface area contributed by atoms with E-state index < -0.39 is 0 Å². The summed E-state index contributed by atoms with van der Waals surface area (Å²) in [7, 11) is 1.90. The van der Waals surface area contributed by atoms with Crippen LogP contribution >= 0.6 is 0 Å². The van der Waals surface area contributed by atoms with Crippen LogP contribution in [0.2, 0.25) is 0 Å². The van der Waals surface area contributed by atoms with Crippen LogP contribution in [0.15, 0.2) is 24.3 Å². The van der Waals surface area contributed by atoms with Gasteiger partial charge in [-0.15, -0.1) is 0 Å². The van der Waals surface area contributed by atoms with Crippen molar-refractivity contribution in [1.82, 2.24) is 0 Å². The van der Waals surface area contributed by atoms with Gasteiger partial charge in [0.2, 0.25) is 0 Å². The standard InChI is InChI=1S/C8H10N/c1-7-3-5-8(9-2)6-4-7/h3-6,9H,1H2,2H3. The Morgan fingerprint density at radius 1 is 1.22 bits per heavy atom. The molecule has 0 fully saturated rings. The van der Waals surface area contributed by atoms with Gasteiger partial charge in [-0.05, 0) is 24.6 Å². The summed E-state index contributed by atoms with van der Waals surface area (Å²) in [6.45, 7) is 3.77. The van der Waals surface area contributed by atoms with Crippen LogP contribution in [0.25, 0.3) is 0 Å². The number of anilines is 1. The van der Waals surface area contributed by atoms with Crippen molar-refractivity contribution in [2.45, 2.75) is 0 Å². The first-order chi connectivity index (χ1) is 4.33. The Hall–Kier alpha value is -0.980. The Labute approximate surface area is 55.7 Å². The van der Waals surface area contributed by atoms with Crippen LogP contribution in [0.4, 0.5) is 5.69 Å². The molecule has 1 heteroatoms. The Kier molecular flexibility index (Phi) is 1.73. The molecular weight excluding hydrogens is 110 g/mol. The van der Waals surface area contributed by atoms with Crippen LogP contribution in [-0.2, 0) is 0 Å². The second kappa shape index (κ2) is 2.53. The van der Waals surface area contributed by atoms with Gasteiger partial charge < -0.3 is 5.32 Å². The SMILES string of the molecule is [CH2]c1ccc(NC)cc1. The molecule has 9 heavy (non-hydrogen) atoms. The monoisotopic (exact) mass is 120 g/mol. The predicted molar refractivity (Wildman–Crippen MR) is 40.4 cm³/mol. The topological polar surface area (TPSA) is 12.0 Å². The van der Waals surface area contributed by atoms with Crippen LogP contribution in [0, 0.1) is 6.92 Å². The lowest BCUT2D eigenvalue weighted by molar-refractivity contribution is 1.49. The molecule has 0 aliphatic heterocycles. The lowest BCUT2D eigenvalue weighted by Crippen LogP contribution is -1.85. The molecule has 0 saturated heterocycles. The summed E-state index contributed by atoms with van der Waals surface area (Å²) in [5, 5.41) is 3.03. The number of benzene rings is 1. The Morgan fingerprint density at radius 2 is 1.78 bits per heavy atom. The van der Waals surface area contributed by atoms with Crippen molar-refractivity contribution in [3.63, 3.8) is 0 Å². The first-order valence-corrected chi connectivity index (χ1v) is 2.92. The summed E-state index contributed by atoms with van der Waals surface area (Å²) in [5.74, 6) is 0. The van der Waals surface area contributed by atoms with Crippen molar-refractivity contribution < 1.29 is 0 Å². The summed E-state index contributed by atoms with van der Waals surface area (Å²) in [5.41, 5.74) is 2.18. The van der Waals surface area contributed by atoms with Gasteiger partial charge in [0, 0.05) is 12.7 Å². The minimum Gasteiger partial charge on any atom is -0.388 e. The molecule has 1 nitrogen and oxygen atoms in total. The van der Waals surface area contributed by atoms with E-state index in [1.54, 1.807) is 0 Å². The molecular formula is C8H10N. The number of nitrogens with one attached hydrogen (secondary N) is 1. The lowest BCUT2D eigenvalue weighted by Gasteiger charge is -1.97. The maximum Gasteiger partial charge on any atom is 0.0337 e. The van der Waals surface area contributed by atoms with Gasteiger partial charge in [-0.3, -0.25) is 0 Å². The van der Waals surface area contributed by atoms with Crippen molar-refractivity contribution in [2.75, 3.05) is 12.4 Å². The van der Waals surface area contributed by atoms with E-state index in [0.717, 1.165) is 11.3 Å². The Balaban J connectivity index is 2.88. The van der Waals surface area contributed by atoms with Crippen molar-refractivity contribution in [3.8, 4) is 0 Å². The Bertz CT molecular complexity index is 176. The van der Waals surface area contributed by atoms with E-state index in [4.69, 9.17) is 0 Å². The predicted octanol–water partition coefficient (Wildman–Crippen LogP) is 1.91. The molecule has 0 atom stereocenters. The van der Waals surface area contributed by atoms with E-state index in [1.807, 2.05) is 31.3 Å². The van der Waals surface area contributed by atoms with E-state index in [0.29, 0.717) is 0 Å². The fourth-order valence-electron chi connectivity index (χ4n) is 0.671. The highest BCUT2D eigenvalue weighted by molar-refractivity contribution is 5.44. The number of hydrogen-bond donors (Lipinski definition) is 1. The maximum atomic E-state index is 3.77. The van der Waals surface area contributed by atoms with Gasteiger partial charge in [0.15, 0.2) is 0 Å². The number of hydrogen-bond acceptors (Lipinski definition) is 1. The molecule has 0 spiro atoms. The molecule has 0 saturated carbocycles. The molecule has 47 valence electrons. The van der Waals surface area contributed by atoms with E-state index in [1.165, 1.54) is 0 Å². The van der Waals surface area contributed by atoms with E-state index in [-0.39, 0.29) is 0 Å². The zero-order valence-corrected chi connectivity index (χ0v) is 5.52. The molecule has 1 N–H and O–H groups in total. The molecule has 0 aromatic heterocycles. The molecule has 0 unspecified atom stereocenters. The van der Waals surface area contributed by atoms with Crippen LogP contribution in [0.1, 0.15) is 5.56 Å². The third-order valence-corrected chi connectivity index (χ3v) is 1.24. The fraction of sp³-hybridized carbons (Fsp3) is 0.125. The summed E-state index contributed by atoms with van der Waals surface area (Å²) >= 11 is 0. The van der Waals surface area contributed by atoms with Gasteiger partial charge in [0.25, 0.3) is 0 Å². The van der Waals surface area contributed by atoms with Crippen molar-refractivity contribution in [3.05, 3.63) is 36.8 Å². The highest BCUT2D eigenvalue weighted by atomic mass is 14.8. The highest BCUT2D eigenvalue weighted by Gasteiger charge is 1.83. The van der Waals surface area contributed by atoms with Crippen molar-refractivity contribution in [1.29, 1.82) is 0 Å². The third kappa shape index (κ3) is 1.46. The molecule has 1 rings (SSSR count). The van der Waals surface area contributed by atoms with Crippen LogP contribution < -0.4 is 5.32 Å². The molecule has 0 amide bonds. The summed E-state index contributed by atoms with van der Waals surface area (Å²) < 4.78 is 0. The largest absolute Gasteiger partial charge is 0.388 e. The summed E-state index contributed by atoms with van der Waals surface area (Å²) in [4.78, 5) is 0. The first-order valence-electron chi connectivity index (χ1n) is 2.92. The smallest absolute Gasteiger partial charge is 0.0337 e. The first kappa shape index (κ1) is 6.14. The molecule has 1 radical (unpaired) electrons. The normalized spacial score (nSPS) is 9.11. The minimum atomic E-state index is 1.05. The second-order valence-corrected chi connectivity index (χ2v) is 1.95. The molecule has 1 aromatic rings. The highest BCUT2D eigenvalue weighted by Crippen LogP contribution is 2.06. The third-order valence-electron chi connectivity index (χ3n) is 1.24. The molecule has 1 aromatic carbocycles. The minimum absolute atomic E-state index is 1.05. The fourth-order valence-corrected chi connectivity index (χ4v) is 0.671. The van der Waals surface area contributed by atoms with Crippen LogP contribution in [-0.4, -0.2) is 7.05 Å². The Morgan fingerprint density at radius 3 is 2.22 bits per heavy atom. The molecule has 0 aliphatic rings. The maximum absolute atomic E-state index is 3.77. The van der Waals surface area contributed by atoms with E-state index in [9.17, 15) is 0 Å². The van der Waals surface area contributed by atoms with Crippen molar-refractivity contribution >= 4 is 5.69 Å². The molecule has 0 bridgehead atoms. The zero-order valence-electron chi connectivity index (χ0n) is 5.52. The summed E-state index contributed by atoms with van der Waals surface area (Å²) in [6.07, 6.45) is 0. The van der Waals surface area contributed by atoms with Crippen LogP contribution in [0.5, 0.6) is 0 Å². The quantitative estimate of drug-likeness (QED) is 0.597. The lowest BCUT2D eigenvalue weighted by atomic mass is 10.2. The average molecular weight is 120 g/mol. The summed E-state index contributed by atoms with van der Waals surface area (Å²) in [6, 6.07) is 7.96. The molecule has 0 aliphatic carbocycles. The van der Waals surface area contributed by atoms with Gasteiger partial charge in [0.05, 0.1) is 0 Å². The molecule has 0 heterocycles. The average Bonchev–Trinajstić information content (AvgIpc) is 1.90. The number of rotatable bonds is 1. The van der Waals surface area contributed by atoms with Gasteiger partial charge in [0.1, 0.15) is 0 Å². The van der Waals surface area contributed by atoms with Gasteiger partial charge >= 0.3 is 0 Å². The van der Waals surface area contributed by atoms with E-state index in [2.05, 4.69) is 12.2 Å². The van der Waals surface area contributed by atoms with Crippen LogP contribution in [0.3, 0.4) is 0 Å². The van der Waals surface area contributed by atoms with E-state index >= 15 is 0 Å². The zero-order chi connectivity index (χ0) is 6.69. The van der Waals surface area contributed by atoms with Gasteiger partial charge in [-0.2, -0.15) is 0 Å².